The molecule has 3 aromatic rings. The van der Waals surface area contributed by atoms with Gasteiger partial charge in [0, 0.05) is 19.0 Å². The molecule has 0 atom stereocenters. The molecule has 7 rings (SSSR count). The SMILES string of the molecule is Cn1c(Cc2cccc3ccccc23)nnc1SCC(=O)NC12CC3CC(CC(C3)C1)C2. The van der Waals surface area contributed by atoms with E-state index in [4.69, 9.17) is 0 Å². The minimum absolute atomic E-state index is 0.0752. The molecule has 4 bridgehead atoms. The topological polar surface area (TPSA) is 59.8 Å². The van der Waals surface area contributed by atoms with Crippen LogP contribution in [-0.4, -0.2) is 32.0 Å². The summed E-state index contributed by atoms with van der Waals surface area (Å²) in [5.74, 6) is 3.99. The van der Waals surface area contributed by atoms with Crippen molar-refractivity contribution in [1.29, 1.82) is 0 Å². The van der Waals surface area contributed by atoms with Crippen molar-refractivity contribution in [2.75, 3.05) is 5.75 Å². The van der Waals surface area contributed by atoms with Gasteiger partial charge in [-0.15, -0.1) is 10.2 Å². The van der Waals surface area contributed by atoms with Gasteiger partial charge in [-0.25, -0.2) is 0 Å². The number of carbonyl (C=O) groups excluding carboxylic acids is 1. The fourth-order valence-electron chi connectivity index (χ4n) is 6.97. The number of thioether (sulfide) groups is 1. The molecular formula is C26H30N4OS. The second kappa shape index (κ2) is 7.91. The fraction of sp³-hybridized carbons (Fsp3) is 0.500. The van der Waals surface area contributed by atoms with Gasteiger partial charge in [0.1, 0.15) is 5.82 Å². The molecule has 166 valence electrons. The molecule has 1 N–H and O–H groups in total. The van der Waals surface area contributed by atoms with Gasteiger partial charge < -0.3 is 9.88 Å². The van der Waals surface area contributed by atoms with E-state index in [0.717, 1.165) is 35.2 Å². The summed E-state index contributed by atoms with van der Waals surface area (Å²) < 4.78 is 2.03. The van der Waals surface area contributed by atoms with Gasteiger partial charge in [0.05, 0.1) is 5.75 Å². The third-order valence-electron chi connectivity index (χ3n) is 7.93. The molecule has 6 heteroatoms. The van der Waals surface area contributed by atoms with Gasteiger partial charge in [0.2, 0.25) is 5.91 Å². The molecule has 1 heterocycles. The number of aromatic nitrogens is 3. The van der Waals surface area contributed by atoms with Crippen LogP contribution in [0.25, 0.3) is 10.8 Å². The van der Waals surface area contributed by atoms with Crippen LogP contribution >= 0.6 is 11.8 Å². The number of nitrogens with one attached hydrogen (secondary N) is 1. The molecule has 32 heavy (non-hydrogen) atoms. The van der Waals surface area contributed by atoms with Gasteiger partial charge in [-0.3, -0.25) is 4.79 Å². The van der Waals surface area contributed by atoms with Gasteiger partial charge in [-0.2, -0.15) is 0 Å². The minimum Gasteiger partial charge on any atom is -0.350 e. The van der Waals surface area contributed by atoms with E-state index < -0.39 is 0 Å². The Morgan fingerprint density at radius 2 is 1.72 bits per heavy atom. The molecule has 0 aliphatic heterocycles. The van der Waals surface area contributed by atoms with Crippen LogP contribution in [0.15, 0.2) is 47.6 Å². The number of nitrogens with zero attached hydrogens (tertiary/aromatic N) is 3. The molecular weight excluding hydrogens is 416 g/mol. The van der Waals surface area contributed by atoms with E-state index in [1.807, 2.05) is 11.6 Å². The van der Waals surface area contributed by atoms with Crippen molar-refractivity contribution in [3.8, 4) is 0 Å². The van der Waals surface area contributed by atoms with E-state index in [1.54, 1.807) is 0 Å². The molecule has 2 aromatic carbocycles. The first-order chi connectivity index (χ1) is 15.6. The smallest absolute Gasteiger partial charge is 0.230 e. The van der Waals surface area contributed by atoms with Crippen LogP contribution in [0.1, 0.15) is 49.9 Å². The molecule has 0 saturated heterocycles. The van der Waals surface area contributed by atoms with Crippen LogP contribution in [0, 0.1) is 17.8 Å². The predicted octanol–water partition coefficient (Wildman–Crippen LogP) is 4.74. The maximum Gasteiger partial charge on any atom is 0.230 e. The third-order valence-corrected chi connectivity index (χ3v) is 8.95. The molecule has 0 unspecified atom stereocenters. The highest BCUT2D eigenvalue weighted by atomic mass is 32.2. The summed E-state index contributed by atoms with van der Waals surface area (Å²) in [6, 6.07) is 14.8. The summed E-state index contributed by atoms with van der Waals surface area (Å²) in [6.45, 7) is 0. The van der Waals surface area contributed by atoms with E-state index in [-0.39, 0.29) is 11.4 Å². The van der Waals surface area contributed by atoms with E-state index in [9.17, 15) is 4.79 Å². The summed E-state index contributed by atoms with van der Waals surface area (Å²) in [4.78, 5) is 12.9. The lowest BCUT2D eigenvalue weighted by Crippen LogP contribution is -2.60. The molecule has 1 amide bonds. The molecule has 4 fully saturated rings. The fourth-order valence-corrected chi connectivity index (χ4v) is 7.70. The Kier molecular flexibility index (Phi) is 5.01. The highest BCUT2D eigenvalue weighted by molar-refractivity contribution is 7.99. The highest BCUT2D eigenvalue weighted by Gasteiger charge is 2.51. The second-order valence-corrected chi connectivity index (χ2v) is 11.3. The molecule has 4 aliphatic rings. The Morgan fingerprint density at radius 1 is 1.03 bits per heavy atom. The summed E-state index contributed by atoms with van der Waals surface area (Å²) in [7, 11) is 2.00. The Labute approximate surface area is 193 Å². The number of amides is 1. The van der Waals surface area contributed by atoms with Crippen LogP contribution in [0.2, 0.25) is 0 Å². The first kappa shape index (κ1) is 20.3. The predicted molar refractivity (Wildman–Crippen MR) is 128 cm³/mol. The standard InChI is InChI=1S/C26H30N4OS/c1-30-23(12-21-7-4-6-20-5-2-3-8-22(20)21)28-29-25(30)32-16-24(31)27-26-13-17-9-18(14-26)11-19(10-17)15-26/h2-8,17-19H,9-16H2,1H3,(H,27,31). The van der Waals surface area contributed by atoms with Crippen molar-refractivity contribution in [2.45, 2.75) is 55.6 Å². The maximum atomic E-state index is 12.9. The summed E-state index contributed by atoms with van der Waals surface area (Å²) >= 11 is 1.50. The number of benzene rings is 2. The lowest BCUT2D eigenvalue weighted by molar-refractivity contribution is -0.124. The quantitative estimate of drug-likeness (QED) is 0.556. The Balaban J connectivity index is 1.11. The van der Waals surface area contributed by atoms with Gasteiger partial charge >= 0.3 is 0 Å². The number of fused-ring (bicyclic) bond motifs is 1. The Bertz CT molecular complexity index is 1130. The number of rotatable bonds is 6. The van der Waals surface area contributed by atoms with E-state index in [1.165, 1.54) is 66.6 Å². The average molecular weight is 447 g/mol. The Hall–Kier alpha value is -2.34. The molecule has 1 aromatic heterocycles. The monoisotopic (exact) mass is 446 g/mol. The molecule has 0 radical (unpaired) electrons. The first-order valence-corrected chi connectivity index (χ1v) is 12.8. The third kappa shape index (κ3) is 3.72. The molecule has 4 aliphatic carbocycles. The summed E-state index contributed by atoms with van der Waals surface area (Å²) in [5, 5.41) is 15.6. The molecule has 0 spiro atoms. The minimum atomic E-state index is 0.0752. The van der Waals surface area contributed by atoms with Gasteiger partial charge in [0.25, 0.3) is 0 Å². The van der Waals surface area contributed by atoms with Crippen molar-refractivity contribution in [3.63, 3.8) is 0 Å². The zero-order valence-corrected chi connectivity index (χ0v) is 19.4. The van der Waals surface area contributed by atoms with Crippen molar-refractivity contribution < 1.29 is 4.79 Å². The molecule has 4 saturated carbocycles. The maximum absolute atomic E-state index is 12.9. The van der Waals surface area contributed by atoms with Gasteiger partial charge in [0.15, 0.2) is 5.16 Å². The van der Waals surface area contributed by atoms with Crippen molar-refractivity contribution in [3.05, 3.63) is 53.9 Å². The van der Waals surface area contributed by atoms with Crippen molar-refractivity contribution >= 4 is 28.4 Å². The number of hydrogen-bond donors (Lipinski definition) is 1. The zero-order valence-electron chi connectivity index (χ0n) is 18.6. The van der Waals surface area contributed by atoms with E-state index >= 15 is 0 Å². The lowest BCUT2D eigenvalue weighted by atomic mass is 9.53. The largest absolute Gasteiger partial charge is 0.350 e. The van der Waals surface area contributed by atoms with Crippen LogP contribution in [0.5, 0.6) is 0 Å². The normalized spacial score (nSPS) is 28.3. The van der Waals surface area contributed by atoms with Gasteiger partial charge in [-0.05, 0) is 72.6 Å². The van der Waals surface area contributed by atoms with Crippen molar-refractivity contribution in [2.24, 2.45) is 24.8 Å². The lowest BCUT2D eigenvalue weighted by Gasteiger charge is -2.56. The average Bonchev–Trinajstić information content (AvgIpc) is 3.10. The van der Waals surface area contributed by atoms with Crippen LogP contribution in [0.4, 0.5) is 0 Å². The second-order valence-electron chi connectivity index (χ2n) is 10.3. The van der Waals surface area contributed by atoms with Crippen molar-refractivity contribution in [1.82, 2.24) is 20.1 Å². The van der Waals surface area contributed by atoms with Crippen LogP contribution in [-0.2, 0) is 18.3 Å². The Morgan fingerprint density at radius 3 is 2.47 bits per heavy atom. The highest BCUT2D eigenvalue weighted by Crippen LogP contribution is 2.55. The van der Waals surface area contributed by atoms with Gasteiger partial charge in [-0.1, -0.05) is 54.2 Å². The summed E-state index contributed by atoms with van der Waals surface area (Å²) in [5.41, 5.74) is 1.32. The summed E-state index contributed by atoms with van der Waals surface area (Å²) in [6.07, 6.45) is 8.47. The zero-order chi connectivity index (χ0) is 21.7. The van der Waals surface area contributed by atoms with Crippen LogP contribution < -0.4 is 5.32 Å². The van der Waals surface area contributed by atoms with E-state index in [0.29, 0.717) is 5.75 Å². The molecule has 5 nitrogen and oxygen atoms in total. The number of hydrogen-bond acceptors (Lipinski definition) is 4. The van der Waals surface area contributed by atoms with E-state index in [2.05, 4.69) is 58.0 Å². The van der Waals surface area contributed by atoms with Crippen LogP contribution in [0.3, 0.4) is 0 Å². The first-order valence-electron chi connectivity index (χ1n) is 11.9. The number of carbonyl (C=O) groups is 1.